The first-order valence-corrected chi connectivity index (χ1v) is 7.12. The lowest BCUT2D eigenvalue weighted by Gasteiger charge is -2.07. The van der Waals surface area contributed by atoms with Crippen molar-refractivity contribution in [1.29, 1.82) is 0 Å². The predicted octanol–water partition coefficient (Wildman–Crippen LogP) is 2.71. The maximum Gasteiger partial charge on any atom is 0.356 e. The van der Waals surface area contributed by atoms with Gasteiger partial charge in [-0.3, -0.25) is 0 Å². The molecule has 0 radical (unpaired) electrons. The number of aryl methyl sites for hydroxylation is 2. The normalized spacial score (nSPS) is 10.9. The van der Waals surface area contributed by atoms with Gasteiger partial charge >= 0.3 is 5.97 Å². The summed E-state index contributed by atoms with van der Waals surface area (Å²) >= 11 is 3.11. The molecule has 1 aromatic heterocycles. The van der Waals surface area contributed by atoms with Crippen molar-refractivity contribution in [3.05, 3.63) is 45.4 Å². The molecule has 0 spiro atoms. The van der Waals surface area contributed by atoms with Crippen molar-refractivity contribution < 1.29 is 19.4 Å². The number of nitrogens with zero attached hydrogens (tertiary/aromatic N) is 2. The highest BCUT2D eigenvalue weighted by atomic mass is 79.9. The summed E-state index contributed by atoms with van der Waals surface area (Å²) in [6.45, 7) is 1.70. The Hall–Kier alpha value is -1.73. The van der Waals surface area contributed by atoms with E-state index in [0.29, 0.717) is 29.7 Å². The molecule has 0 saturated heterocycles. The SMILES string of the molecule is Cc1cc(F)c(Br)cc1-n1cc(CCCO)c(C(=O)O)n1. The molecule has 2 aromatic rings. The van der Waals surface area contributed by atoms with E-state index in [1.165, 1.54) is 10.7 Å². The van der Waals surface area contributed by atoms with Crippen LogP contribution in [-0.2, 0) is 6.42 Å². The number of halogens is 2. The highest BCUT2D eigenvalue weighted by Gasteiger charge is 2.17. The minimum absolute atomic E-state index is 0.0225. The summed E-state index contributed by atoms with van der Waals surface area (Å²) in [6.07, 6.45) is 2.48. The van der Waals surface area contributed by atoms with Crippen LogP contribution in [0.4, 0.5) is 4.39 Å². The quantitative estimate of drug-likeness (QED) is 0.863. The van der Waals surface area contributed by atoms with Gasteiger partial charge in [-0.15, -0.1) is 0 Å². The number of aliphatic hydroxyl groups is 1. The first-order chi connectivity index (χ1) is 9.93. The van der Waals surface area contributed by atoms with E-state index < -0.39 is 5.97 Å². The highest BCUT2D eigenvalue weighted by molar-refractivity contribution is 9.10. The van der Waals surface area contributed by atoms with Crippen LogP contribution in [0.25, 0.3) is 5.69 Å². The van der Waals surface area contributed by atoms with E-state index in [1.54, 1.807) is 19.2 Å². The van der Waals surface area contributed by atoms with Crippen molar-refractivity contribution in [2.24, 2.45) is 0 Å². The van der Waals surface area contributed by atoms with Crippen molar-refractivity contribution in [2.45, 2.75) is 19.8 Å². The van der Waals surface area contributed by atoms with Crippen LogP contribution in [0.5, 0.6) is 0 Å². The van der Waals surface area contributed by atoms with Gasteiger partial charge < -0.3 is 10.2 Å². The van der Waals surface area contributed by atoms with E-state index >= 15 is 0 Å². The number of benzene rings is 1. The van der Waals surface area contributed by atoms with Gasteiger partial charge in [-0.05, 0) is 53.4 Å². The lowest BCUT2D eigenvalue weighted by atomic mass is 10.1. The first kappa shape index (κ1) is 15.7. The van der Waals surface area contributed by atoms with E-state index in [0.717, 1.165) is 0 Å². The fraction of sp³-hybridized carbons (Fsp3) is 0.286. The fourth-order valence-electron chi connectivity index (χ4n) is 2.05. The molecule has 0 atom stereocenters. The van der Waals surface area contributed by atoms with E-state index in [2.05, 4.69) is 21.0 Å². The van der Waals surface area contributed by atoms with Crippen LogP contribution in [0.15, 0.2) is 22.8 Å². The molecule has 2 rings (SSSR count). The number of carboxylic acids is 1. The molecule has 1 heterocycles. The summed E-state index contributed by atoms with van der Waals surface area (Å²) in [6, 6.07) is 2.91. The zero-order chi connectivity index (χ0) is 15.6. The molecule has 21 heavy (non-hydrogen) atoms. The Balaban J connectivity index is 2.49. The van der Waals surface area contributed by atoms with E-state index in [1.807, 2.05) is 0 Å². The molecular formula is C14H14BrFN2O3. The number of carbonyl (C=O) groups is 1. The van der Waals surface area contributed by atoms with Crippen LogP contribution in [0, 0.1) is 12.7 Å². The summed E-state index contributed by atoms with van der Waals surface area (Å²) in [5.41, 5.74) is 1.73. The third kappa shape index (κ3) is 3.30. The summed E-state index contributed by atoms with van der Waals surface area (Å²) in [5.74, 6) is -1.51. The molecule has 0 aliphatic rings. The standard InChI is InChI=1S/C14H14BrFN2O3/c1-8-5-11(16)10(15)6-12(8)18-7-9(3-2-4-19)13(17-18)14(20)21/h5-7,19H,2-4H2,1H3,(H,20,21). The number of carboxylic acid groups (broad SMARTS) is 1. The number of aromatic nitrogens is 2. The molecule has 5 nitrogen and oxygen atoms in total. The van der Waals surface area contributed by atoms with Crippen LogP contribution in [-0.4, -0.2) is 32.6 Å². The second kappa shape index (κ2) is 6.36. The average Bonchev–Trinajstić information content (AvgIpc) is 2.84. The number of aromatic carboxylic acids is 1. The number of hydrogen-bond acceptors (Lipinski definition) is 3. The van der Waals surface area contributed by atoms with Gasteiger partial charge in [0.15, 0.2) is 5.69 Å². The smallest absolute Gasteiger partial charge is 0.356 e. The lowest BCUT2D eigenvalue weighted by molar-refractivity contribution is 0.0688. The summed E-state index contributed by atoms with van der Waals surface area (Å²) in [5, 5.41) is 22.1. The van der Waals surface area contributed by atoms with Crippen LogP contribution in [0.2, 0.25) is 0 Å². The maximum atomic E-state index is 13.5. The van der Waals surface area contributed by atoms with E-state index in [-0.39, 0.29) is 22.6 Å². The molecule has 0 unspecified atom stereocenters. The third-order valence-electron chi connectivity index (χ3n) is 3.08. The van der Waals surface area contributed by atoms with Gasteiger partial charge in [0.2, 0.25) is 0 Å². The Morgan fingerprint density at radius 2 is 2.19 bits per heavy atom. The second-order valence-electron chi connectivity index (χ2n) is 4.63. The minimum Gasteiger partial charge on any atom is -0.476 e. The number of rotatable bonds is 5. The Labute approximate surface area is 129 Å². The van der Waals surface area contributed by atoms with Crippen LogP contribution >= 0.6 is 15.9 Å². The Morgan fingerprint density at radius 1 is 1.48 bits per heavy atom. The molecule has 7 heteroatoms. The number of hydrogen-bond donors (Lipinski definition) is 2. The van der Waals surface area contributed by atoms with Gasteiger partial charge in [0.25, 0.3) is 0 Å². The average molecular weight is 357 g/mol. The van der Waals surface area contributed by atoms with Crippen molar-refractivity contribution >= 4 is 21.9 Å². The minimum atomic E-state index is -1.12. The molecule has 1 aromatic carbocycles. The molecule has 112 valence electrons. The van der Waals surface area contributed by atoms with Crippen LogP contribution < -0.4 is 0 Å². The lowest BCUT2D eigenvalue weighted by Crippen LogP contribution is -2.04. The molecule has 0 bridgehead atoms. The van der Waals surface area contributed by atoms with Crippen molar-refractivity contribution in [1.82, 2.24) is 9.78 Å². The Bertz CT molecular complexity index is 685. The van der Waals surface area contributed by atoms with Crippen molar-refractivity contribution in [3.8, 4) is 5.69 Å². The van der Waals surface area contributed by atoms with Gasteiger partial charge in [0, 0.05) is 18.4 Å². The predicted molar refractivity (Wildman–Crippen MR) is 78.3 cm³/mol. The van der Waals surface area contributed by atoms with E-state index in [9.17, 15) is 14.3 Å². The third-order valence-corrected chi connectivity index (χ3v) is 3.69. The van der Waals surface area contributed by atoms with Gasteiger partial charge in [0.05, 0.1) is 10.2 Å². The zero-order valence-electron chi connectivity index (χ0n) is 11.3. The Kier molecular flexibility index (Phi) is 4.74. The molecule has 0 amide bonds. The Morgan fingerprint density at radius 3 is 2.81 bits per heavy atom. The van der Waals surface area contributed by atoms with Crippen LogP contribution in [0.1, 0.15) is 28.0 Å². The molecule has 2 N–H and O–H groups in total. The van der Waals surface area contributed by atoms with Crippen LogP contribution in [0.3, 0.4) is 0 Å². The van der Waals surface area contributed by atoms with Crippen molar-refractivity contribution in [2.75, 3.05) is 6.61 Å². The summed E-state index contributed by atoms with van der Waals surface area (Å²) < 4.78 is 15.2. The largest absolute Gasteiger partial charge is 0.476 e. The molecular weight excluding hydrogens is 343 g/mol. The fourth-order valence-corrected chi connectivity index (χ4v) is 2.38. The van der Waals surface area contributed by atoms with Gasteiger partial charge in [0.1, 0.15) is 5.82 Å². The maximum absolute atomic E-state index is 13.5. The van der Waals surface area contributed by atoms with Gasteiger partial charge in [-0.25, -0.2) is 13.9 Å². The van der Waals surface area contributed by atoms with E-state index in [4.69, 9.17) is 5.11 Å². The van der Waals surface area contributed by atoms with Crippen molar-refractivity contribution in [3.63, 3.8) is 0 Å². The topological polar surface area (TPSA) is 75.4 Å². The monoisotopic (exact) mass is 356 g/mol. The second-order valence-corrected chi connectivity index (χ2v) is 5.49. The molecule has 0 aliphatic heterocycles. The first-order valence-electron chi connectivity index (χ1n) is 6.32. The zero-order valence-corrected chi connectivity index (χ0v) is 12.9. The molecule has 0 saturated carbocycles. The molecule has 0 fully saturated rings. The van der Waals surface area contributed by atoms with Gasteiger partial charge in [-0.2, -0.15) is 5.10 Å². The molecule has 0 aliphatic carbocycles. The number of aliphatic hydroxyl groups excluding tert-OH is 1. The summed E-state index contributed by atoms with van der Waals surface area (Å²) in [7, 11) is 0. The van der Waals surface area contributed by atoms with Gasteiger partial charge in [-0.1, -0.05) is 0 Å². The summed E-state index contributed by atoms with van der Waals surface area (Å²) in [4.78, 5) is 11.2. The highest BCUT2D eigenvalue weighted by Crippen LogP contribution is 2.24.